The first-order chi connectivity index (χ1) is 8.17. The van der Waals surface area contributed by atoms with Gasteiger partial charge in [-0.25, -0.2) is 0 Å². The van der Waals surface area contributed by atoms with Crippen molar-refractivity contribution in [1.82, 2.24) is 0 Å². The molecule has 3 nitrogen and oxygen atoms in total. The second kappa shape index (κ2) is 2.91. The number of quaternary nitrogens is 1. The molecule has 1 aromatic rings. The zero-order valence-electron chi connectivity index (χ0n) is 9.95. The van der Waals surface area contributed by atoms with E-state index in [1.165, 1.54) is 37.0 Å². The van der Waals surface area contributed by atoms with Crippen molar-refractivity contribution in [2.45, 2.75) is 37.1 Å². The van der Waals surface area contributed by atoms with Gasteiger partial charge in [-0.2, -0.15) is 0 Å². The summed E-state index contributed by atoms with van der Waals surface area (Å²) in [4.78, 5) is 4.86. The van der Waals surface area contributed by atoms with E-state index in [9.17, 15) is 0 Å². The molecule has 88 valence electrons. The number of nitrogens with two attached hydrogens (primary N) is 1. The van der Waals surface area contributed by atoms with E-state index in [1.807, 2.05) is 12.1 Å². The molecule has 2 saturated carbocycles. The quantitative estimate of drug-likeness (QED) is 0.651. The molecule has 1 aliphatic heterocycles. The summed E-state index contributed by atoms with van der Waals surface area (Å²) in [6, 6.07) is 6.20. The fraction of sp³-hybridized carbons (Fsp3) is 0.500. The van der Waals surface area contributed by atoms with Crippen LogP contribution in [0.1, 0.15) is 37.2 Å². The largest absolute Gasteiger partial charge is 0.399 e. The van der Waals surface area contributed by atoms with Gasteiger partial charge in [0.1, 0.15) is 5.54 Å². The van der Waals surface area contributed by atoms with Crippen molar-refractivity contribution >= 4 is 17.1 Å². The molecule has 3 unspecified atom stereocenters. The molecule has 3 aliphatic rings. The normalized spacial score (nSPS) is 37.6. The topological polar surface area (TPSA) is 66.0 Å². The Morgan fingerprint density at radius 1 is 1.41 bits per heavy atom. The van der Waals surface area contributed by atoms with Gasteiger partial charge in [0.15, 0.2) is 0 Å². The minimum Gasteiger partial charge on any atom is -0.399 e. The molecule has 3 atom stereocenters. The lowest BCUT2D eigenvalue weighted by Gasteiger charge is -2.11. The number of nitrogens with zero attached hydrogens (tertiary/aromatic N) is 1. The number of fused-ring (bicyclic) bond motifs is 5. The first-order valence-corrected chi connectivity index (χ1v) is 6.51. The highest BCUT2D eigenvalue weighted by Gasteiger charge is 2.60. The monoisotopic (exact) mass is 228 g/mol. The fourth-order valence-electron chi connectivity index (χ4n) is 3.65. The Morgan fingerprint density at radius 3 is 3.18 bits per heavy atom. The van der Waals surface area contributed by atoms with Gasteiger partial charge in [0, 0.05) is 30.2 Å². The number of nitrogen functional groups attached to an aromatic ring is 1. The summed E-state index contributed by atoms with van der Waals surface area (Å²) < 4.78 is 0. The van der Waals surface area contributed by atoms with Crippen LogP contribution in [0.4, 0.5) is 11.4 Å². The van der Waals surface area contributed by atoms with Crippen LogP contribution in [0.5, 0.6) is 0 Å². The molecule has 17 heavy (non-hydrogen) atoms. The molecule has 0 spiro atoms. The predicted molar refractivity (Wildman–Crippen MR) is 68.3 cm³/mol. The van der Waals surface area contributed by atoms with Crippen molar-refractivity contribution in [2.24, 2.45) is 10.9 Å². The molecule has 4 rings (SSSR count). The molecule has 0 radical (unpaired) electrons. The van der Waals surface area contributed by atoms with Gasteiger partial charge in [-0.1, -0.05) is 6.07 Å². The zero-order valence-corrected chi connectivity index (χ0v) is 9.95. The first kappa shape index (κ1) is 9.66. The third kappa shape index (κ3) is 1.23. The summed E-state index contributed by atoms with van der Waals surface area (Å²) in [5.74, 6) is 1.20. The van der Waals surface area contributed by atoms with E-state index in [0.29, 0.717) is 17.4 Å². The third-order valence-electron chi connectivity index (χ3n) is 4.75. The Hall–Kier alpha value is -1.35. The van der Waals surface area contributed by atoms with E-state index >= 15 is 0 Å². The smallest absolute Gasteiger partial charge is 0.104 e. The molecular formula is C14H18N3+. The maximum Gasteiger partial charge on any atom is 0.104 e. The van der Waals surface area contributed by atoms with E-state index in [-0.39, 0.29) is 0 Å². The molecule has 1 heterocycles. The van der Waals surface area contributed by atoms with Crippen molar-refractivity contribution in [3.63, 3.8) is 0 Å². The second-order valence-electron chi connectivity index (χ2n) is 5.92. The summed E-state index contributed by atoms with van der Waals surface area (Å²) >= 11 is 0. The molecule has 5 N–H and O–H groups in total. The van der Waals surface area contributed by atoms with Gasteiger partial charge in [0.25, 0.3) is 0 Å². The van der Waals surface area contributed by atoms with E-state index in [1.54, 1.807) is 0 Å². The highest BCUT2D eigenvalue weighted by Crippen LogP contribution is 2.54. The minimum absolute atomic E-state index is 0.321. The summed E-state index contributed by atoms with van der Waals surface area (Å²) in [6.07, 6.45) is 5.04. The molecule has 1 aromatic carbocycles. The number of hydrogen-bond donors (Lipinski definition) is 2. The van der Waals surface area contributed by atoms with Crippen LogP contribution in [0, 0.1) is 5.92 Å². The van der Waals surface area contributed by atoms with Crippen molar-refractivity contribution in [3.8, 4) is 0 Å². The molecule has 0 amide bonds. The average molecular weight is 228 g/mol. The number of benzene rings is 1. The van der Waals surface area contributed by atoms with E-state index in [2.05, 4.69) is 11.8 Å². The lowest BCUT2D eigenvalue weighted by molar-refractivity contribution is -0.442. The minimum atomic E-state index is 0.321. The van der Waals surface area contributed by atoms with Crippen molar-refractivity contribution in [1.29, 1.82) is 0 Å². The molecule has 0 aromatic heterocycles. The molecule has 3 heteroatoms. The van der Waals surface area contributed by atoms with Crippen LogP contribution < -0.4 is 11.5 Å². The van der Waals surface area contributed by atoms with Crippen molar-refractivity contribution < 1.29 is 5.73 Å². The van der Waals surface area contributed by atoms with Gasteiger partial charge < -0.3 is 11.5 Å². The number of anilines is 1. The number of hydrogen-bond acceptors (Lipinski definition) is 2. The van der Waals surface area contributed by atoms with Crippen molar-refractivity contribution in [3.05, 3.63) is 23.8 Å². The van der Waals surface area contributed by atoms with Crippen LogP contribution in [-0.4, -0.2) is 11.3 Å². The van der Waals surface area contributed by atoms with Crippen molar-refractivity contribution in [2.75, 3.05) is 5.73 Å². The van der Waals surface area contributed by atoms with Gasteiger partial charge in [-0.15, -0.1) is 0 Å². The predicted octanol–water partition coefficient (Wildman–Crippen LogP) is 1.62. The van der Waals surface area contributed by atoms with Crippen LogP contribution >= 0.6 is 0 Å². The third-order valence-corrected chi connectivity index (χ3v) is 4.75. The van der Waals surface area contributed by atoms with Crippen LogP contribution in [0.25, 0.3) is 0 Å². The Bertz CT molecular complexity index is 534. The fourth-order valence-corrected chi connectivity index (χ4v) is 3.65. The Labute approximate surface area is 101 Å². The summed E-state index contributed by atoms with van der Waals surface area (Å²) in [7, 11) is 0. The summed E-state index contributed by atoms with van der Waals surface area (Å²) in [5.41, 5.74) is 15.3. The van der Waals surface area contributed by atoms with E-state index < -0.39 is 0 Å². The Morgan fingerprint density at radius 2 is 2.29 bits per heavy atom. The molecule has 0 bridgehead atoms. The van der Waals surface area contributed by atoms with E-state index in [4.69, 9.17) is 10.7 Å². The highest BCUT2D eigenvalue weighted by atomic mass is 14.9. The Kier molecular flexibility index (Phi) is 1.65. The van der Waals surface area contributed by atoms with Crippen LogP contribution in [0.15, 0.2) is 23.2 Å². The molecule has 2 aliphatic carbocycles. The van der Waals surface area contributed by atoms with Gasteiger partial charge in [-0.05, 0) is 30.5 Å². The van der Waals surface area contributed by atoms with Crippen LogP contribution in [0.3, 0.4) is 0 Å². The SMILES string of the molecule is Nc1ccc2c(c1)N=C1C2CCCC2([NH3+])CC12. The highest BCUT2D eigenvalue weighted by molar-refractivity contribution is 6.02. The maximum atomic E-state index is 5.84. The lowest BCUT2D eigenvalue weighted by Crippen LogP contribution is -2.65. The van der Waals surface area contributed by atoms with Crippen LogP contribution in [0.2, 0.25) is 0 Å². The second-order valence-corrected chi connectivity index (χ2v) is 5.92. The number of aliphatic imine (C=N–C) groups is 1. The van der Waals surface area contributed by atoms with Gasteiger partial charge in [0.2, 0.25) is 0 Å². The average Bonchev–Trinajstić information content (AvgIpc) is 2.85. The molecule has 2 fully saturated rings. The van der Waals surface area contributed by atoms with Gasteiger partial charge >= 0.3 is 0 Å². The van der Waals surface area contributed by atoms with Crippen LogP contribution in [-0.2, 0) is 0 Å². The van der Waals surface area contributed by atoms with Gasteiger partial charge in [-0.3, -0.25) is 4.99 Å². The number of rotatable bonds is 0. The lowest BCUT2D eigenvalue weighted by atomic mass is 9.90. The van der Waals surface area contributed by atoms with E-state index in [0.717, 1.165) is 11.4 Å². The standard InChI is InChI=1S/C14H17N3/c15-8-3-4-9-10-2-1-5-14(16)7-11(14)13(10)17-12(9)6-8/h3-4,6,10-11H,1-2,5,7,15-16H2/p+1. The molecule has 0 saturated heterocycles. The first-order valence-electron chi connectivity index (χ1n) is 6.51. The zero-order chi connectivity index (χ0) is 11.6. The summed E-state index contributed by atoms with van der Waals surface area (Å²) in [5, 5.41) is 0. The maximum absolute atomic E-state index is 5.84. The van der Waals surface area contributed by atoms with Gasteiger partial charge in [0.05, 0.1) is 11.6 Å². The molecular weight excluding hydrogens is 210 g/mol. The summed E-state index contributed by atoms with van der Waals surface area (Å²) in [6.45, 7) is 0. The Balaban J connectivity index is 1.82.